The van der Waals surface area contributed by atoms with E-state index < -0.39 is 0 Å². The smallest absolute Gasteiger partial charge is 0.0551 e. The van der Waals surface area contributed by atoms with E-state index in [2.05, 4.69) is 127 Å². The molecule has 0 unspecified atom stereocenters. The molecule has 0 heterocycles. The Labute approximate surface area is 184 Å². The Hall–Kier alpha value is -3.64. The molecule has 0 fully saturated rings. The SMILES string of the molecule is C1=CC(C(c2ccccc2)(c2ccccc2)c2cccc3c2Cc2ccccc2-3)C=C1. The van der Waals surface area contributed by atoms with Gasteiger partial charge < -0.3 is 0 Å². The van der Waals surface area contributed by atoms with Crippen LogP contribution in [0.3, 0.4) is 0 Å². The predicted octanol–water partition coefficient (Wildman–Crippen LogP) is 7.33. The van der Waals surface area contributed by atoms with Gasteiger partial charge >= 0.3 is 0 Å². The van der Waals surface area contributed by atoms with E-state index in [4.69, 9.17) is 0 Å². The summed E-state index contributed by atoms with van der Waals surface area (Å²) in [6.07, 6.45) is 10.1. The highest BCUT2D eigenvalue weighted by Crippen LogP contribution is 2.51. The summed E-state index contributed by atoms with van der Waals surface area (Å²) in [5.41, 5.74) is 9.47. The Bertz CT molecular complexity index is 1240. The summed E-state index contributed by atoms with van der Waals surface area (Å²) in [5.74, 6) is 0.257. The largest absolute Gasteiger partial charge is 0.0761 e. The van der Waals surface area contributed by atoms with Gasteiger partial charge in [0.2, 0.25) is 0 Å². The lowest BCUT2D eigenvalue weighted by molar-refractivity contribution is 0.525. The molecule has 0 N–H and O–H groups in total. The van der Waals surface area contributed by atoms with Gasteiger partial charge in [-0.25, -0.2) is 0 Å². The second-order valence-electron chi connectivity index (χ2n) is 8.50. The van der Waals surface area contributed by atoms with Crippen molar-refractivity contribution in [3.63, 3.8) is 0 Å². The summed E-state index contributed by atoms with van der Waals surface area (Å²) in [5, 5.41) is 0. The van der Waals surface area contributed by atoms with Crippen LogP contribution < -0.4 is 0 Å². The average molecular weight is 397 g/mol. The van der Waals surface area contributed by atoms with Crippen molar-refractivity contribution in [2.45, 2.75) is 11.8 Å². The quantitative estimate of drug-likeness (QED) is 0.279. The molecular weight excluding hydrogens is 372 g/mol. The average Bonchev–Trinajstić information content (AvgIpc) is 3.50. The van der Waals surface area contributed by atoms with E-state index in [1.807, 2.05) is 0 Å². The lowest BCUT2D eigenvalue weighted by Crippen LogP contribution is -2.37. The summed E-state index contributed by atoms with van der Waals surface area (Å²) in [4.78, 5) is 0. The van der Waals surface area contributed by atoms with Gasteiger partial charge in [0.25, 0.3) is 0 Å². The molecule has 0 bridgehead atoms. The van der Waals surface area contributed by atoms with Crippen molar-refractivity contribution in [3.05, 3.63) is 155 Å². The Kier molecular flexibility index (Phi) is 4.25. The second-order valence-corrected chi connectivity index (χ2v) is 8.50. The molecule has 0 saturated heterocycles. The first-order valence-corrected chi connectivity index (χ1v) is 11.1. The van der Waals surface area contributed by atoms with E-state index in [-0.39, 0.29) is 11.3 Å². The predicted molar refractivity (Wildman–Crippen MR) is 129 cm³/mol. The molecule has 4 aromatic carbocycles. The minimum Gasteiger partial charge on any atom is -0.0761 e. The topological polar surface area (TPSA) is 0 Å². The number of fused-ring (bicyclic) bond motifs is 3. The third-order valence-corrected chi connectivity index (χ3v) is 6.98. The highest BCUT2D eigenvalue weighted by Gasteiger charge is 2.44. The molecule has 0 amide bonds. The summed E-state index contributed by atoms with van der Waals surface area (Å²) in [6.45, 7) is 0. The first kappa shape index (κ1) is 18.2. The molecule has 0 saturated carbocycles. The molecule has 0 heteroatoms. The summed E-state index contributed by atoms with van der Waals surface area (Å²) < 4.78 is 0. The van der Waals surface area contributed by atoms with Crippen LogP contribution in [0.15, 0.2) is 127 Å². The van der Waals surface area contributed by atoms with Crippen molar-refractivity contribution in [1.82, 2.24) is 0 Å². The molecule has 0 atom stereocenters. The number of benzene rings is 4. The first-order valence-electron chi connectivity index (χ1n) is 11.1. The number of hydrogen-bond donors (Lipinski definition) is 0. The van der Waals surface area contributed by atoms with Crippen LogP contribution in [0, 0.1) is 5.92 Å². The second kappa shape index (κ2) is 7.25. The molecular formula is C31H24. The van der Waals surface area contributed by atoms with Crippen LogP contribution in [0.4, 0.5) is 0 Å². The number of rotatable bonds is 4. The summed E-state index contributed by atoms with van der Waals surface area (Å²) >= 11 is 0. The highest BCUT2D eigenvalue weighted by molar-refractivity contribution is 5.79. The van der Waals surface area contributed by atoms with Crippen molar-refractivity contribution in [3.8, 4) is 11.1 Å². The van der Waals surface area contributed by atoms with Gasteiger partial charge in [-0.2, -0.15) is 0 Å². The summed E-state index contributed by atoms with van der Waals surface area (Å²) in [6, 6.07) is 37.9. The van der Waals surface area contributed by atoms with Crippen LogP contribution in [0.5, 0.6) is 0 Å². The monoisotopic (exact) mass is 396 g/mol. The van der Waals surface area contributed by atoms with Crippen molar-refractivity contribution in [2.24, 2.45) is 5.92 Å². The lowest BCUT2D eigenvalue weighted by atomic mass is 9.61. The molecule has 2 aliphatic rings. The molecule has 148 valence electrons. The van der Waals surface area contributed by atoms with Crippen LogP contribution >= 0.6 is 0 Å². The van der Waals surface area contributed by atoms with E-state index in [0.717, 1.165) is 6.42 Å². The van der Waals surface area contributed by atoms with E-state index in [1.54, 1.807) is 0 Å². The van der Waals surface area contributed by atoms with Crippen molar-refractivity contribution in [1.29, 1.82) is 0 Å². The first-order chi connectivity index (χ1) is 15.4. The molecule has 0 radical (unpaired) electrons. The molecule has 0 nitrogen and oxygen atoms in total. The Morgan fingerprint density at radius 3 is 1.81 bits per heavy atom. The zero-order valence-electron chi connectivity index (χ0n) is 17.4. The Morgan fingerprint density at radius 2 is 1.13 bits per heavy atom. The normalized spacial score (nSPS) is 14.6. The van der Waals surface area contributed by atoms with Gasteiger partial charge in [-0.15, -0.1) is 0 Å². The maximum Gasteiger partial charge on any atom is 0.0551 e. The van der Waals surface area contributed by atoms with Crippen LogP contribution in [0.2, 0.25) is 0 Å². The molecule has 0 aromatic heterocycles. The third kappa shape index (κ3) is 2.68. The third-order valence-electron chi connectivity index (χ3n) is 6.98. The van der Waals surface area contributed by atoms with Gasteiger partial charge in [0.05, 0.1) is 5.41 Å². The molecule has 4 aromatic rings. The standard InChI is InChI=1S/C31H24/c1-3-13-24(14-4-1)31(26-17-8-9-18-26,25-15-5-2-6-16-25)30-21-11-20-28-27-19-10-7-12-23(27)22-29(28)30/h1-21,26H,22H2. The van der Waals surface area contributed by atoms with Crippen molar-refractivity contribution >= 4 is 0 Å². The fraction of sp³-hybridized carbons (Fsp3) is 0.0968. The fourth-order valence-electron chi connectivity index (χ4n) is 5.69. The van der Waals surface area contributed by atoms with Crippen molar-refractivity contribution in [2.75, 3.05) is 0 Å². The fourth-order valence-corrected chi connectivity index (χ4v) is 5.69. The Morgan fingerprint density at radius 1 is 0.548 bits per heavy atom. The van der Waals surface area contributed by atoms with Gasteiger partial charge in [0.1, 0.15) is 0 Å². The molecule has 31 heavy (non-hydrogen) atoms. The lowest BCUT2D eigenvalue weighted by Gasteiger charge is -2.41. The van der Waals surface area contributed by atoms with Gasteiger partial charge in [-0.3, -0.25) is 0 Å². The zero-order valence-corrected chi connectivity index (χ0v) is 17.4. The van der Waals surface area contributed by atoms with E-state index >= 15 is 0 Å². The van der Waals surface area contributed by atoms with Gasteiger partial charge in [0.15, 0.2) is 0 Å². The van der Waals surface area contributed by atoms with Crippen LogP contribution in [0.1, 0.15) is 27.8 Å². The zero-order chi connectivity index (χ0) is 20.7. The van der Waals surface area contributed by atoms with E-state index in [9.17, 15) is 0 Å². The summed E-state index contributed by atoms with van der Waals surface area (Å²) in [7, 11) is 0. The van der Waals surface area contributed by atoms with Crippen molar-refractivity contribution < 1.29 is 0 Å². The maximum absolute atomic E-state index is 2.37. The highest BCUT2D eigenvalue weighted by atomic mass is 14.5. The van der Waals surface area contributed by atoms with E-state index in [0.29, 0.717) is 0 Å². The minimum absolute atomic E-state index is 0.257. The number of hydrogen-bond acceptors (Lipinski definition) is 0. The number of allylic oxidation sites excluding steroid dienone is 4. The molecule has 6 rings (SSSR count). The van der Waals surface area contributed by atoms with Crippen LogP contribution in [-0.4, -0.2) is 0 Å². The van der Waals surface area contributed by atoms with Gasteiger partial charge in [-0.1, -0.05) is 127 Å². The van der Waals surface area contributed by atoms with Gasteiger partial charge in [0, 0.05) is 5.92 Å². The molecule has 0 aliphatic heterocycles. The minimum atomic E-state index is -0.278. The van der Waals surface area contributed by atoms with Crippen LogP contribution in [0.25, 0.3) is 11.1 Å². The Balaban J connectivity index is 1.71. The van der Waals surface area contributed by atoms with E-state index in [1.165, 1.54) is 38.9 Å². The molecule has 2 aliphatic carbocycles. The molecule has 0 spiro atoms. The van der Waals surface area contributed by atoms with Crippen LogP contribution in [-0.2, 0) is 11.8 Å². The van der Waals surface area contributed by atoms with Gasteiger partial charge in [-0.05, 0) is 45.4 Å². The maximum atomic E-state index is 2.37.